The molecule has 7 heteroatoms. The molecule has 0 aromatic heterocycles. The van der Waals surface area contributed by atoms with Crippen LogP contribution in [0.5, 0.6) is 0 Å². The Balaban J connectivity index is 1.89. The highest BCUT2D eigenvalue weighted by Crippen LogP contribution is 2.40. The summed E-state index contributed by atoms with van der Waals surface area (Å²) >= 11 is 0. The first kappa shape index (κ1) is 18.7. The fraction of sp³-hybridized carbons (Fsp3) is 0.381. The van der Waals surface area contributed by atoms with Crippen molar-refractivity contribution in [1.82, 2.24) is 15.9 Å². The van der Waals surface area contributed by atoms with E-state index in [-0.39, 0.29) is 0 Å². The van der Waals surface area contributed by atoms with E-state index in [0.717, 1.165) is 28.6 Å². The van der Waals surface area contributed by atoms with Crippen LogP contribution < -0.4 is 21.5 Å². The van der Waals surface area contributed by atoms with Crippen LogP contribution >= 0.6 is 0 Å². The molecule has 2 aromatic rings. The van der Waals surface area contributed by atoms with Gasteiger partial charge in [0.15, 0.2) is 5.54 Å². The third kappa shape index (κ3) is 3.01. The third-order valence-electron chi connectivity index (χ3n) is 5.77. The lowest BCUT2D eigenvalue weighted by molar-refractivity contribution is -0.151. The number of rotatable bonds is 7. The van der Waals surface area contributed by atoms with Crippen molar-refractivity contribution in [2.45, 2.75) is 24.4 Å². The minimum Gasteiger partial charge on any atom is -0.479 e. The van der Waals surface area contributed by atoms with E-state index >= 15 is 0 Å². The zero-order valence-electron chi connectivity index (χ0n) is 16.2. The molecule has 2 aliphatic rings. The summed E-state index contributed by atoms with van der Waals surface area (Å²) in [4.78, 5) is 14.5. The molecule has 0 radical (unpaired) electrons. The van der Waals surface area contributed by atoms with Crippen LogP contribution in [0.15, 0.2) is 48.7 Å². The van der Waals surface area contributed by atoms with E-state index in [1.807, 2.05) is 44.4 Å². The Morgan fingerprint density at radius 2 is 2.04 bits per heavy atom. The van der Waals surface area contributed by atoms with Gasteiger partial charge in [-0.2, -0.15) is 0 Å². The molecule has 4 rings (SSSR count). The van der Waals surface area contributed by atoms with Crippen LogP contribution in [0.4, 0.5) is 5.69 Å². The highest BCUT2D eigenvalue weighted by Gasteiger charge is 2.52. The lowest BCUT2D eigenvalue weighted by Gasteiger charge is -2.38. The second-order valence-electron chi connectivity index (χ2n) is 7.86. The first-order valence-electron chi connectivity index (χ1n) is 9.59. The van der Waals surface area contributed by atoms with Gasteiger partial charge in [0.1, 0.15) is 0 Å². The number of carboxylic acid groups (broad SMARTS) is 1. The molecule has 1 heterocycles. The average molecular weight is 381 g/mol. The molecule has 2 aromatic carbocycles. The molecule has 0 amide bonds. The van der Waals surface area contributed by atoms with Crippen LogP contribution in [-0.2, 0) is 4.79 Å². The maximum atomic E-state index is 12.5. The average Bonchev–Trinajstić information content (AvgIpc) is 3.42. The number of benzene rings is 2. The Morgan fingerprint density at radius 3 is 2.61 bits per heavy atom. The number of carboxylic acids is 1. The molecule has 0 bridgehead atoms. The summed E-state index contributed by atoms with van der Waals surface area (Å²) < 4.78 is 0. The quantitative estimate of drug-likeness (QED) is 0.545. The van der Waals surface area contributed by atoms with Gasteiger partial charge in [-0.25, -0.2) is 10.6 Å². The number of nitrogens with one attached hydrogen (secondary N) is 2. The summed E-state index contributed by atoms with van der Waals surface area (Å²) in [5.74, 6) is 5.73. The highest BCUT2D eigenvalue weighted by atomic mass is 16.4. The first-order valence-corrected chi connectivity index (χ1v) is 9.59. The normalized spacial score (nSPS) is 23.0. The molecule has 1 saturated carbocycles. The Kier molecular flexibility index (Phi) is 4.74. The van der Waals surface area contributed by atoms with Crippen molar-refractivity contribution in [1.29, 1.82) is 0 Å². The van der Waals surface area contributed by atoms with Crippen molar-refractivity contribution < 1.29 is 9.90 Å². The van der Waals surface area contributed by atoms with Crippen molar-refractivity contribution in [3.63, 3.8) is 0 Å². The van der Waals surface area contributed by atoms with Gasteiger partial charge in [0.25, 0.3) is 0 Å². The number of carbonyl (C=O) groups is 1. The van der Waals surface area contributed by atoms with E-state index in [2.05, 4.69) is 21.7 Å². The summed E-state index contributed by atoms with van der Waals surface area (Å²) in [7, 11) is 4.02. The van der Waals surface area contributed by atoms with E-state index in [1.165, 1.54) is 18.0 Å². The molecule has 7 nitrogen and oxygen atoms in total. The molecule has 0 saturated heterocycles. The maximum Gasteiger partial charge on any atom is 0.333 e. The topological polar surface area (TPSA) is 93.9 Å². The number of nitrogens with zero attached hydrogens (tertiary/aromatic N) is 2. The second kappa shape index (κ2) is 7.09. The van der Waals surface area contributed by atoms with Crippen LogP contribution in [-0.4, -0.2) is 42.4 Å². The molecule has 2 unspecified atom stereocenters. The predicted molar refractivity (Wildman–Crippen MR) is 110 cm³/mol. The predicted octanol–water partition coefficient (Wildman–Crippen LogP) is 1.98. The Hall–Kier alpha value is -2.61. The van der Waals surface area contributed by atoms with Gasteiger partial charge >= 0.3 is 5.97 Å². The van der Waals surface area contributed by atoms with Crippen LogP contribution in [0.3, 0.4) is 0 Å². The van der Waals surface area contributed by atoms with Crippen molar-refractivity contribution in [3.8, 4) is 0 Å². The zero-order chi connectivity index (χ0) is 19.9. The lowest BCUT2D eigenvalue weighted by Crippen LogP contribution is -2.63. The number of hydrogen-bond acceptors (Lipinski definition) is 6. The molecule has 1 aliphatic carbocycles. The number of anilines is 1. The summed E-state index contributed by atoms with van der Waals surface area (Å²) in [6.07, 6.45) is 5.59. The number of hydrogen-bond donors (Lipinski definition) is 4. The second-order valence-corrected chi connectivity index (χ2v) is 7.86. The highest BCUT2D eigenvalue weighted by molar-refractivity contribution is 5.97. The van der Waals surface area contributed by atoms with Gasteiger partial charge in [-0.05, 0) is 48.4 Å². The fourth-order valence-electron chi connectivity index (χ4n) is 4.02. The van der Waals surface area contributed by atoms with E-state index in [1.54, 1.807) is 12.3 Å². The monoisotopic (exact) mass is 381 g/mol. The van der Waals surface area contributed by atoms with E-state index < -0.39 is 17.6 Å². The first-order chi connectivity index (χ1) is 13.4. The van der Waals surface area contributed by atoms with Crippen molar-refractivity contribution in [3.05, 3.63) is 54.2 Å². The summed E-state index contributed by atoms with van der Waals surface area (Å²) in [5.41, 5.74) is 3.42. The molecule has 1 aliphatic heterocycles. The van der Waals surface area contributed by atoms with E-state index in [9.17, 15) is 9.90 Å². The van der Waals surface area contributed by atoms with Crippen molar-refractivity contribution in [2.24, 2.45) is 11.8 Å². The molecular weight excluding hydrogens is 354 g/mol. The number of hydrazine groups is 2. The van der Waals surface area contributed by atoms with E-state index in [0.29, 0.717) is 5.92 Å². The smallest absolute Gasteiger partial charge is 0.333 e. The Bertz CT molecular complexity index is 924. The fourth-order valence-corrected chi connectivity index (χ4v) is 4.02. The summed E-state index contributed by atoms with van der Waals surface area (Å²) in [6, 6.07) is 11.7. The minimum absolute atomic E-state index is 0.511. The van der Waals surface area contributed by atoms with Crippen LogP contribution in [0.25, 0.3) is 10.8 Å². The van der Waals surface area contributed by atoms with Gasteiger partial charge in [-0.3, -0.25) is 0 Å². The molecule has 148 valence electrons. The maximum absolute atomic E-state index is 12.5. The standard InChI is InChI=1S/C21H27N5O2/c1-25(2)18-10-9-17(15-5-3-4-6-16(15)18)19(23-13-14-7-8-14)21(20(27)28)11-12-24-26(21)22/h3-6,9-12,14,19,23-24H,7-8,13,22H2,1-2H3,(H,27,28). The lowest BCUT2D eigenvalue weighted by atomic mass is 9.83. The van der Waals surface area contributed by atoms with Crippen molar-refractivity contribution in [2.75, 3.05) is 25.5 Å². The molecular formula is C21H27N5O2. The zero-order valence-corrected chi connectivity index (χ0v) is 16.2. The Labute approximate surface area is 164 Å². The van der Waals surface area contributed by atoms with Gasteiger partial charge < -0.3 is 20.7 Å². The van der Waals surface area contributed by atoms with Gasteiger partial charge in [0, 0.05) is 31.4 Å². The number of fused-ring (bicyclic) bond motifs is 1. The summed E-state index contributed by atoms with van der Waals surface area (Å²) in [6.45, 7) is 0.769. The summed E-state index contributed by atoms with van der Waals surface area (Å²) in [5, 5.41) is 17.0. The van der Waals surface area contributed by atoms with Gasteiger partial charge in [-0.1, -0.05) is 30.3 Å². The van der Waals surface area contributed by atoms with Gasteiger partial charge in [-0.15, -0.1) is 5.12 Å². The van der Waals surface area contributed by atoms with Gasteiger partial charge in [0.05, 0.1) is 6.04 Å². The largest absolute Gasteiger partial charge is 0.479 e. The van der Waals surface area contributed by atoms with Gasteiger partial charge in [0.2, 0.25) is 0 Å². The SMILES string of the molecule is CN(C)c1ccc(C(NCC2CC2)C2(C(=O)O)C=CNN2N)c2ccccc12. The van der Waals surface area contributed by atoms with Crippen molar-refractivity contribution >= 4 is 22.4 Å². The third-order valence-corrected chi connectivity index (χ3v) is 5.77. The molecule has 1 fully saturated rings. The molecule has 28 heavy (non-hydrogen) atoms. The minimum atomic E-state index is -1.42. The molecule has 0 spiro atoms. The Morgan fingerprint density at radius 1 is 1.32 bits per heavy atom. The molecule has 2 atom stereocenters. The van der Waals surface area contributed by atoms with E-state index in [4.69, 9.17) is 5.84 Å². The van der Waals surface area contributed by atoms with Crippen LogP contribution in [0, 0.1) is 5.92 Å². The number of nitrogens with two attached hydrogens (primary N) is 1. The van der Waals surface area contributed by atoms with Crippen LogP contribution in [0.1, 0.15) is 24.4 Å². The number of aliphatic carboxylic acids is 1. The molecule has 5 N–H and O–H groups in total. The van der Waals surface area contributed by atoms with Crippen LogP contribution in [0.2, 0.25) is 0 Å².